The molecule has 1 atom stereocenters. The molecule has 2 saturated heterocycles. The minimum absolute atomic E-state index is 0.0477. The fraction of sp³-hybridized carbons (Fsp3) is 0.684. The van der Waals surface area contributed by atoms with Crippen LogP contribution in [0.5, 0.6) is 0 Å². The summed E-state index contributed by atoms with van der Waals surface area (Å²) in [7, 11) is 0. The molecule has 1 aromatic heterocycles. The van der Waals surface area contributed by atoms with Crippen molar-refractivity contribution in [1.82, 2.24) is 30.4 Å². The SMILES string of the molecule is O=C1CNC[C@H](C(=O)N2CCC3(CC2)c2nc[nH]c2CCN3C(=O)C2CC2)N1. The van der Waals surface area contributed by atoms with E-state index in [1.807, 2.05) is 4.90 Å². The summed E-state index contributed by atoms with van der Waals surface area (Å²) in [5.41, 5.74) is 1.67. The van der Waals surface area contributed by atoms with E-state index in [4.69, 9.17) is 0 Å². The molecule has 0 radical (unpaired) electrons. The van der Waals surface area contributed by atoms with E-state index >= 15 is 0 Å². The Kier molecular flexibility index (Phi) is 4.15. The number of piperidine rings is 1. The first kappa shape index (κ1) is 17.7. The number of nitrogens with one attached hydrogen (secondary N) is 3. The van der Waals surface area contributed by atoms with Gasteiger partial charge in [0, 0.05) is 44.2 Å². The number of nitrogens with zero attached hydrogens (tertiary/aromatic N) is 3. The van der Waals surface area contributed by atoms with Crippen LogP contribution in [0.3, 0.4) is 0 Å². The third-order valence-electron chi connectivity index (χ3n) is 6.62. The normalized spacial score (nSPS) is 26.7. The van der Waals surface area contributed by atoms with Crippen molar-refractivity contribution in [2.45, 2.75) is 43.7 Å². The molecule has 9 heteroatoms. The number of H-pyrrole nitrogens is 1. The van der Waals surface area contributed by atoms with Crippen LogP contribution in [-0.2, 0) is 26.3 Å². The molecule has 4 aliphatic rings. The zero-order valence-electron chi connectivity index (χ0n) is 15.9. The minimum atomic E-state index is -0.508. The van der Waals surface area contributed by atoms with E-state index in [1.54, 1.807) is 6.33 Å². The van der Waals surface area contributed by atoms with Crippen molar-refractivity contribution >= 4 is 17.7 Å². The minimum Gasteiger partial charge on any atom is -0.348 e. The van der Waals surface area contributed by atoms with Gasteiger partial charge in [-0.15, -0.1) is 0 Å². The molecule has 0 aromatic carbocycles. The molecule has 3 fully saturated rings. The molecular weight excluding hydrogens is 360 g/mol. The predicted octanol–water partition coefficient (Wildman–Crippen LogP) is -0.890. The highest BCUT2D eigenvalue weighted by Crippen LogP contribution is 2.45. The Morgan fingerprint density at radius 2 is 1.93 bits per heavy atom. The van der Waals surface area contributed by atoms with Gasteiger partial charge in [-0.25, -0.2) is 4.98 Å². The van der Waals surface area contributed by atoms with Gasteiger partial charge in [0.05, 0.1) is 24.1 Å². The lowest BCUT2D eigenvalue weighted by Crippen LogP contribution is -2.63. The Hall–Kier alpha value is -2.42. The summed E-state index contributed by atoms with van der Waals surface area (Å²) in [6.45, 7) is 2.55. The van der Waals surface area contributed by atoms with E-state index in [9.17, 15) is 14.4 Å². The van der Waals surface area contributed by atoms with Crippen molar-refractivity contribution < 1.29 is 14.4 Å². The Morgan fingerprint density at radius 3 is 2.64 bits per heavy atom. The summed E-state index contributed by atoms with van der Waals surface area (Å²) in [6, 6.07) is -0.508. The number of hydrogen-bond donors (Lipinski definition) is 3. The number of hydrogen-bond acceptors (Lipinski definition) is 5. The number of amides is 3. The highest BCUT2D eigenvalue weighted by molar-refractivity contribution is 5.90. The second-order valence-corrected chi connectivity index (χ2v) is 8.35. The molecule has 1 spiro atoms. The maximum Gasteiger partial charge on any atom is 0.246 e. The molecule has 0 bridgehead atoms. The summed E-state index contributed by atoms with van der Waals surface area (Å²) in [5, 5.41) is 5.76. The number of imidazole rings is 1. The van der Waals surface area contributed by atoms with Gasteiger partial charge in [-0.3, -0.25) is 14.4 Å². The van der Waals surface area contributed by atoms with Crippen molar-refractivity contribution in [3.05, 3.63) is 17.7 Å². The molecule has 1 saturated carbocycles. The summed E-state index contributed by atoms with van der Waals surface area (Å²) >= 11 is 0. The molecule has 0 unspecified atom stereocenters. The second kappa shape index (κ2) is 6.58. The average molecular weight is 386 g/mol. The Balaban J connectivity index is 1.36. The molecule has 4 heterocycles. The van der Waals surface area contributed by atoms with E-state index in [2.05, 4.69) is 25.5 Å². The van der Waals surface area contributed by atoms with Gasteiger partial charge < -0.3 is 25.4 Å². The Morgan fingerprint density at radius 1 is 1.14 bits per heavy atom. The van der Waals surface area contributed by atoms with Crippen LogP contribution in [-0.4, -0.2) is 76.3 Å². The summed E-state index contributed by atoms with van der Waals surface area (Å²) in [4.78, 5) is 49.2. The van der Waals surface area contributed by atoms with Gasteiger partial charge in [-0.1, -0.05) is 0 Å². The smallest absolute Gasteiger partial charge is 0.246 e. The van der Waals surface area contributed by atoms with Crippen molar-refractivity contribution in [2.75, 3.05) is 32.7 Å². The van der Waals surface area contributed by atoms with Crippen LogP contribution in [0.25, 0.3) is 0 Å². The lowest BCUT2D eigenvalue weighted by molar-refractivity contribution is -0.147. The van der Waals surface area contributed by atoms with E-state index in [1.165, 1.54) is 0 Å². The van der Waals surface area contributed by atoms with Crippen LogP contribution >= 0.6 is 0 Å². The Labute approximate surface area is 163 Å². The third-order valence-corrected chi connectivity index (χ3v) is 6.62. The zero-order chi connectivity index (χ0) is 19.3. The van der Waals surface area contributed by atoms with E-state index in [0.717, 1.165) is 30.7 Å². The maximum atomic E-state index is 13.0. The molecule has 28 heavy (non-hydrogen) atoms. The summed E-state index contributed by atoms with van der Waals surface area (Å²) < 4.78 is 0. The number of likely N-dealkylation sites (tertiary alicyclic amines) is 1. The van der Waals surface area contributed by atoms with Crippen LogP contribution in [0.4, 0.5) is 0 Å². The maximum absolute atomic E-state index is 13.0. The van der Waals surface area contributed by atoms with Crippen LogP contribution in [0.2, 0.25) is 0 Å². The van der Waals surface area contributed by atoms with Crippen molar-refractivity contribution in [3.8, 4) is 0 Å². The number of fused-ring (bicyclic) bond motifs is 2. The lowest BCUT2D eigenvalue weighted by Gasteiger charge is -2.51. The zero-order valence-corrected chi connectivity index (χ0v) is 15.9. The van der Waals surface area contributed by atoms with Gasteiger partial charge in [0.1, 0.15) is 6.04 Å². The van der Waals surface area contributed by atoms with Crippen LogP contribution in [0.15, 0.2) is 6.33 Å². The fourth-order valence-corrected chi connectivity index (χ4v) is 4.95. The van der Waals surface area contributed by atoms with Gasteiger partial charge >= 0.3 is 0 Å². The number of rotatable bonds is 2. The number of aromatic nitrogens is 2. The molecule has 3 amide bonds. The molecular formula is C19H26N6O3. The summed E-state index contributed by atoms with van der Waals surface area (Å²) in [5.74, 6) is 0.221. The van der Waals surface area contributed by atoms with Gasteiger partial charge in [-0.05, 0) is 25.7 Å². The van der Waals surface area contributed by atoms with Crippen molar-refractivity contribution in [1.29, 1.82) is 0 Å². The second-order valence-electron chi connectivity index (χ2n) is 8.35. The highest BCUT2D eigenvalue weighted by atomic mass is 16.2. The van der Waals surface area contributed by atoms with Crippen molar-refractivity contribution in [2.24, 2.45) is 5.92 Å². The molecule has 150 valence electrons. The topological polar surface area (TPSA) is 110 Å². The van der Waals surface area contributed by atoms with E-state index < -0.39 is 11.6 Å². The molecule has 3 aliphatic heterocycles. The number of piperazine rings is 1. The molecule has 3 N–H and O–H groups in total. The third kappa shape index (κ3) is 2.80. The van der Waals surface area contributed by atoms with Crippen LogP contribution in [0.1, 0.15) is 37.1 Å². The number of carbonyl (C=O) groups excluding carboxylic acids is 3. The standard InChI is InChI=1S/C19H26N6O3/c26-15-10-20-9-14(23-15)18(28)24-7-4-19(5-8-24)16-13(21-11-22-16)3-6-25(19)17(27)12-1-2-12/h11-12,14,20H,1-10H2,(H,21,22)(H,23,26)/t14-/m1/s1. The largest absolute Gasteiger partial charge is 0.348 e. The lowest BCUT2D eigenvalue weighted by atomic mass is 9.78. The first-order valence-corrected chi connectivity index (χ1v) is 10.2. The monoisotopic (exact) mass is 386 g/mol. The molecule has 1 aromatic rings. The Bertz CT molecular complexity index is 808. The molecule has 5 rings (SSSR count). The predicted molar refractivity (Wildman–Crippen MR) is 99.0 cm³/mol. The van der Waals surface area contributed by atoms with Gasteiger partial charge in [0.2, 0.25) is 17.7 Å². The average Bonchev–Trinajstić information content (AvgIpc) is 3.45. The molecule has 1 aliphatic carbocycles. The quantitative estimate of drug-likeness (QED) is 0.611. The van der Waals surface area contributed by atoms with Crippen LogP contribution in [0, 0.1) is 5.92 Å². The van der Waals surface area contributed by atoms with Gasteiger partial charge in [0.25, 0.3) is 0 Å². The number of carbonyl (C=O) groups is 3. The number of aromatic amines is 1. The van der Waals surface area contributed by atoms with Crippen molar-refractivity contribution in [3.63, 3.8) is 0 Å². The van der Waals surface area contributed by atoms with Gasteiger partial charge in [0.15, 0.2) is 0 Å². The summed E-state index contributed by atoms with van der Waals surface area (Å²) in [6.07, 6.45) is 5.86. The molecule has 9 nitrogen and oxygen atoms in total. The van der Waals surface area contributed by atoms with Crippen LogP contribution < -0.4 is 10.6 Å². The van der Waals surface area contributed by atoms with Gasteiger partial charge in [-0.2, -0.15) is 0 Å². The highest BCUT2D eigenvalue weighted by Gasteiger charge is 2.51. The first-order chi connectivity index (χ1) is 13.6. The fourth-order valence-electron chi connectivity index (χ4n) is 4.95. The van der Waals surface area contributed by atoms with E-state index in [-0.39, 0.29) is 30.2 Å². The first-order valence-electron chi connectivity index (χ1n) is 10.2. The van der Waals surface area contributed by atoms with E-state index in [0.29, 0.717) is 39.0 Å².